The molecule has 0 heterocycles. The number of rotatable bonds is 8. The summed E-state index contributed by atoms with van der Waals surface area (Å²) in [6.45, 7) is 13.2. The smallest absolute Gasteiger partial charge is 0.237 e. The summed E-state index contributed by atoms with van der Waals surface area (Å²) in [4.78, 5) is 11.5. The van der Waals surface area contributed by atoms with Gasteiger partial charge in [0.2, 0.25) is 5.91 Å². The van der Waals surface area contributed by atoms with E-state index in [9.17, 15) is 4.79 Å². The van der Waals surface area contributed by atoms with Crippen molar-refractivity contribution in [1.29, 1.82) is 0 Å². The molecule has 4 nitrogen and oxygen atoms in total. The Balaban J connectivity index is 3.53. The minimum atomic E-state index is -0.184. The van der Waals surface area contributed by atoms with Gasteiger partial charge in [0.15, 0.2) is 0 Å². The van der Waals surface area contributed by atoms with E-state index in [4.69, 9.17) is 4.74 Å². The highest BCUT2D eigenvalue weighted by molar-refractivity contribution is 5.81. The molecule has 0 aromatic rings. The van der Waals surface area contributed by atoms with E-state index in [-0.39, 0.29) is 18.0 Å². The Labute approximate surface area is 98.4 Å². The van der Waals surface area contributed by atoms with E-state index in [1.807, 2.05) is 27.7 Å². The van der Waals surface area contributed by atoms with Gasteiger partial charge >= 0.3 is 0 Å². The Kier molecular flexibility index (Phi) is 7.85. The molecule has 1 amide bonds. The average Bonchev–Trinajstić information content (AvgIpc) is 2.15. The van der Waals surface area contributed by atoms with Crippen LogP contribution in [0, 0.1) is 0 Å². The van der Waals surface area contributed by atoms with Crippen molar-refractivity contribution in [2.45, 2.75) is 39.8 Å². The fraction of sp³-hybridized carbons (Fsp3) is 0.750. The van der Waals surface area contributed by atoms with Crippen molar-refractivity contribution >= 4 is 5.91 Å². The van der Waals surface area contributed by atoms with E-state index in [1.165, 1.54) is 0 Å². The molecule has 0 fully saturated rings. The van der Waals surface area contributed by atoms with Gasteiger partial charge in [-0.1, -0.05) is 12.2 Å². The molecule has 0 radical (unpaired) electrons. The maximum absolute atomic E-state index is 11.5. The molecule has 0 bridgehead atoms. The van der Waals surface area contributed by atoms with Gasteiger partial charge in [-0.15, -0.1) is 0 Å². The van der Waals surface area contributed by atoms with Crippen LogP contribution in [-0.2, 0) is 9.53 Å². The molecule has 0 aliphatic rings. The van der Waals surface area contributed by atoms with Gasteiger partial charge in [-0.3, -0.25) is 4.79 Å². The van der Waals surface area contributed by atoms with E-state index >= 15 is 0 Å². The third-order valence-electron chi connectivity index (χ3n) is 1.87. The first kappa shape index (κ1) is 15.1. The van der Waals surface area contributed by atoms with Crippen molar-refractivity contribution in [1.82, 2.24) is 10.6 Å². The van der Waals surface area contributed by atoms with Crippen molar-refractivity contribution in [3.63, 3.8) is 0 Å². The number of hydrogen-bond acceptors (Lipinski definition) is 3. The monoisotopic (exact) mass is 228 g/mol. The maximum atomic E-state index is 11.5. The van der Waals surface area contributed by atoms with E-state index in [0.29, 0.717) is 19.8 Å². The Morgan fingerprint density at radius 3 is 2.50 bits per heavy atom. The van der Waals surface area contributed by atoms with Crippen LogP contribution < -0.4 is 10.6 Å². The van der Waals surface area contributed by atoms with Gasteiger partial charge in [0.1, 0.15) is 0 Å². The lowest BCUT2D eigenvalue weighted by atomic mass is 10.3. The largest absolute Gasteiger partial charge is 0.376 e. The van der Waals surface area contributed by atoms with Crippen molar-refractivity contribution in [2.75, 3.05) is 19.8 Å². The van der Waals surface area contributed by atoms with Crippen LogP contribution in [0.5, 0.6) is 0 Å². The summed E-state index contributed by atoms with van der Waals surface area (Å²) in [6, 6.07) is -0.00718. The third kappa shape index (κ3) is 8.44. The standard InChI is InChI=1S/C12H24N2O2/c1-9(2)8-16-7-6-13-11(5)12(15)14-10(3)4/h10-11,13H,1,6-8H2,2-5H3,(H,14,15). The lowest BCUT2D eigenvalue weighted by Crippen LogP contribution is -2.45. The molecule has 0 aliphatic heterocycles. The van der Waals surface area contributed by atoms with Gasteiger partial charge in [0.25, 0.3) is 0 Å². The molecule has 1 unspecified atom stereocenters. The quantitative estimate of drug-likeness (QED) is 0.483. The van der Waals surface area contributed by atoms with Gasteiger partial charge in [-0.05, 0) is 27.7 Å². The van der Waals surface area contributed by atoms with Crippen LogP contribution in [0.2, 0.25) is 0 Å². The zero-order valence-electron chi connectivity index (χ0n) is 10.8. The fourth-order valence-electron chi connectivity index (χ4n) is 1.10. The van der Waals surface area contributed by atoms with Gasteiger partial charge in [0, 0.05) is 12.6 Å². The molecular formula is C12H24N2O2. The highest BCUT2D eigenvalue weighted by Gasteiger charge is 2.11. The first-order valence-electron chi connectivity index (χ1n) is 5.69. The van der Waals surface area contributed by atoms with Crippen molar-refractivity contribution < 1.29 is 9.53 Å². The first-order chi connectivity index (χ1) is 7.43. The summed E-state index contributed by atoms with van der Waals surface area (Å²) in [5.41, 5.74) is 1.01. The summed E-state index contributed by atoms with van der Waals surface area (Å²) >= 11 is 0. The first-order valence-corrected chi connectivity index (χ1v) is 5.69. The van der Waals surface area contributed by atoms with Crippen LogP contribution in [0.15, 0.2) is 12.2 Å². The Bertz CT molecular complexity index is 227. The summed E-state index contributed by atoms with van der Waals surface area (Å²) in [5.74, 6) is 0.0231. The molecule has 0 spiro atoms. The van der Waals surface area contributed by atoms with E-state index in [2.05, 4.69) is 17.2 Å². The second-order valence-electron chi connectivity index (χ2n) is 4.35. The van der Waals surface area contributed by atoms with Gasteiger partial charge < -0.3 is 15.4 Å². The number of amides is 1. The van der Waals surface area contributed by atoms with Gasteiger partial charge in [-0.25, -0.2) is 0 Å². The molecule has 0 saturated carbocycles. The average molecular weight is 228 g/mol. The highest BCUT2D eigenvalue weighted by Crippen LogP contribution is 1.88. The van der Waals surface area contributed by atoms with Crippen LogP contribution >= 0.6 is 0 Å². The fourth-order valence-corrected chi connectivity index (χ4v) is 1.10. The molecule has 94 valence electrons. The molecule has 0 saturated heterocycles. The van der Waals surface area contributed by atoms with E-state index in [1.54, 1.807) is 0 Å². The SMILES string of the molecule is C=C(C)COCCNC(C)C(=O)NC(C)C. The Morgan fingerprint density at radius 1 is 1.38 bits per heavy atom. The number of nitrogens with one attached hydrogen (secondary N) is 2. The Morgan fingerprint density at radius 2 is 2.00 bits per heavy atom. The zero-order chi connectivity index (χ0) is 12.6. The molecular weight excluding hydrogens is 204 g/mol. The molecule has 1 atom stereocenters. The molecule has 2 N–H and O–H groups in total. The molecule has 16 heavy (non-hydrogen) atoms. The normalized spacial score (nSPS) is 12.6. The number of carbonyl (C=O) groups is 1. The van der Waals surface area contributed by atoms with Crippen LogP contribution in [0.25, 0.3) is 0 Å². The zero-order valence-corrected chi connectivity index (χ0v) is 10.8. The number of ether oxygens (including phenoxy) is 1. The van der Waals surface area contributed by atoms with Crippen molar-refractivity contribution in [3.05, 3.63) is 12.2 Å². The van der Waals surface area contributed by atoms with Crippen molar-refractivity contribution in [3.8, 4) is 0 Å². The minimum Gasteiger partial charge on any atom is -0.376 e. The van der Waals surface area contributed by atoms with Gasteiger partial charge in [0.05, 0.1) is 19.3 Å². The second kappa shape index (κ2) is 8.30. The summed E-state index contributed by atoms with van der Waals surface area (Å²) < 4.78 is 5.31. The van der Waals surface area contributed by atoms with E-state index < -0.39 is 0 Å². The van der Waals surface area contributed by atoms with Crippen LogP contribution in [0.1, 0.15) is 27.7 Å². The molecule has 0 aromatic heterocycles. The summed E-state index contributed by atoms with van der Waals surface area (Å²) in [7, 11) is 0. The number of carbonyl (C=O) groups excluding carboxylic acids is 1. The van der Waals surface area contributed by atoms with Crippen LogP contribution in [0.4, 0.5) is 0 Å². The number of hydrogen-bond donors (Lipinski definition) is 2. The lowest BCUT2D eigenvalue weighted by molar-refractivity contribution is -0.123. The lowest BCUT2D eigenvalue weighted by Gasteiger charge is -2.15. The predicted molar refractivity (Wildman–Crippen MR) is 66.4 cm³/mol. The summed E-state index contributed by atoms with van der Waals surface area (Å²) in [5, 5.41) is 5.94. The van der Waals surface area contributed by atoms with Gasteiger partial charge in [-0.2, -0.15) is 0 Å². The summed E-state index contributed by atoms with van der Waals surface area (Å²) in [6.07, 6.45) is 0. The van der Waals surface area contributed by atoms with E-state index in [0.717, 1.165) is 5.57 Å². The minimum absolute atomic E-state index is 0.0231. The predicted octanol–water partition coefficient (Wildman–Crippen LogP) is 1.08. The van der Waals surface area contributed by atoms with Crippen LogP contribution in [0.3, 0.4) is 0 Å². The Hall–Kier alpha value is -0.870. The molecule has 0 aromatic carbocycles. The van der Waals surface area contributed by atoms with Crippen LogP contribution in [-0.4, -0.2) is 37.7 Å². The molecule has 0 aliphatic carbocycles. The third-order valence-corrected chi connectivity index (χ3v) is 1.87. The van der Waals surface area contributed by atoms with Crippen molar-refractivity contribution in [2.24, 2.45) is 0 Å². The molecule has 0 rings (SSSR count). The second-order valence-corrected chi connectivity index (χ2v) is 4.35. The maximum Gasteiger partial charge on any atom is 0.237 e. The topological polar surface area (TPSA) is 50.4 Å². The molecule has 4 heteroatoms. The highest BCUT2D eigenvalue weighted by atomic mass is 16.5.